The van der Waals surface area contributed by atoms with Crippen LogP contribution in [0.15, 0.2) is 41.5 Å². The fourth-order valence-electron chi connectivity index (χ4n) is 1.39. The van der Waals surface area contributed by atoms with Crippen molar-refractivity contribution in [2.24, 2.45) is 4.99 Å². The Morgan fingerprint density at radius 1 is 1.27 bits per heavy atom. The van der Waals surface area contributed by atoms with E-state index < -0.39 is 5.91 Å². The Balaban J connectivity index is 2.71. The van der Waals surface area contributed by atoms with Crippen LogP contribution in [0.2, 0.25) is 0 Å². The summed E-state index contributed by atoms with van der Waals surface area (Å²) in [7, 11) is 0. The van der Waals surface area contributed by atoms with Crippen LogP contribution in [0.25, 0.3) is 10.9 Å². The minimum atomic E-state index is -0.594. The molecule has 2 aromatic rings. The number of carbonyl (C=O) groups excluding carboxylic acids is 2. The zero-order chi connectivity index (χ0) is 10.7. The number of fused-ring (bicyclic) bond motifs is 1. The zero-order valence-corrected chi connectivity index (χ0v) is 7.68. The van der Waals surface area contributed by atoms with Gasteiger partial charge < -0.3 is 0 Å². The molecule has 0 N–H and O–H groups in total. The van der Waals surface area contributed by atoms with Crippen LogP contribution in [-0.2, 0) is 4.79 Å². The van der Waals surface area contributed by atoms with Crippen LogP contribution in [0.3, 0.4) is 0 Å². The average molecular weight is 198 g/mol. The summed E-state index contributed by atoms with van der Waals surface area (Å²) in [4.78, 5) is 28.6. The summed E-state index contributed by atoms with van der Waals surface area (Å²) < 4.78 is 0. The van der Waals surface area contributed by atoms with E-state index in [0.717, 1.165) is 0 Å². The van der Waals surface area contributed by atoms with Crippen LogP contribution >= 0.6 is 0 Å². The van der Waals surface area contributed by atoms with Gasteiger partial charge in [-0.1, -0.05) is 12.1 Å². The summed E-state index contributed by atoms with van der Waals surface area (Å²) in [5, 5.41) is 0.684. The summed E-state index contributed by atoms with van der Waals surface area (Å²) in [6, 6.07) is 8.58. The minimum absolute atomic E-state index is 0.365. The molecule has 0 radical (unpaired) electrons. The highest BCUT2D eigenvalue weighted by Crippen LogP contribution is 2.16. The average Bonchev–Trinajstić information content (AvgIpc) is 2.28. The van der Waals surface area contributed by atoms with E-state index in [1.54, 1.807) is 36.5 Å². The number of carbonyl (C=O) groups is 1. The number of hydrogen-bond donors (Lipinski definition) is 0. The minimum Gasteiger partial charge on any atom is -0.266 e. The molecule has 0 fully saturated rings. The number of aromatic nitrogens is 1. The van der Waals surface area contributed by atoms with Gasteiger partial charge in [-0.05, 0) is 18.2 Å². The zero-order valence-electron chi connectivity index (χ0n) is 7.68. The molecule has 0 saturated heterocycles. The van der Waals surface area contributed by atoms with E-state index in [9.17, 15) is 9.59 Å². The van der Waals surface area contributed by atoms with Crippen LogP contribution in [0.4, 0.5) is 0 Å². The molecule has 1 amide bonds. The second kappa shape index (κ2) is 3.82. The molecule has 0 atom stereocenters. The number of nitrogens with zero attached hydrogens (tertiary/aromatic N) is 2. The van der Waals surface area contributed by atoms with Gasteiger partial charge in [-0.25, -0.2) is 4.79 Å². The summed E-state index contributed by atoms with van der Waals surface area (Å²) in [5.74, 6) is -0.594. The second-order valence-corrected chi connectivity index (χ2v) is 2.88. The molecule has 72 valence electrons. The highest BCUT2D eigenvalue weighted by molar-refractivity contribution is 6.07. The number of hydrogen-bond acceptors (Lipinski definition) is 3. The number of pyridine rings is 1. The van der Waals surface area contributed by atoms with Crippen molar-refractivity contribution in [2.45, 2.75) is 0 Å². The van der Waals surface area contributed by atoms with E-state index in [4.69, 9.17) is 0 Å². The molecule has 0 aliphatic rings. The Bertz CT molecular complexity index is 566. The van der Waals surface area contributed by atoms with Crippen LogP contribution in [0, 0.1) is 0 Å². The van der Waals surface area contributed by atoms with Gasteiger partial charge in [0.2, 0.25) is 6.08 Å². The number of aliphatic imine (C=N–C) groups is 1. The first-order valence-electron chi connectivity index (χ1n) is 4.29. The topological polar surface area (TPSA) is 59.4 Å². The molecule has 4 heteroatoms. The summed E-state index contributed by atoms with van der Waals surface area (Å²) in [6.45, 7) is 0. The molecule has 2 rings (SSSR count). The van der Waals surface area contributed by atoms with Crippen molar-refractivity contribution in [1.29, 1.82) is 0 Å². The van der Waals surface area contributed by atoms with E-state index >= 15 is 0 Å². The Labute approximate surface area is 85.3 Å². The van der Waals surface area contributed by atoms with Crippen molar-refractivity contribution in [3.63, 3.8) is 0 Å². The maximum absolute atomic E-state index is 11.4. The van der Waals surface area contributed by atoms with Gasteiger partial charge in [-0.15, -0.1) is 4.99 Å². The lowest BCUT2D eigenvalue weighted by Gasteiger charge is -1.99. The first kappa shape index (κ1) is 9.24. The molecule has 15 heavy (non-hydrogen) atoms. The number of amides is 1. The van der Waals surface area contributed by atoms with Gasteiger partial charge in [-0.2, -0.15) is 0 Å². The maximum Gasteiger partial charge on any atom is 0.288 e. The molecule has 0 unspecified atom stereocenters. The van der Waals surface area contributed by atoms with Crippen molar-refractivity contribution >= 4 is 22.9 Å². The van der Waals surface area contributed by atoms with Crippen molar-refractivity contribution in [3.8, 4) is 0 Å². The van der Waals surface area contributed by atoms with E-state index in [1.807, 2.05) is 0 Å². The lowest BCUT2D eigenvalue weighted by molar-refractivity contribution is 0.100. The van der Waals surface area contributed by atoms with E-state index in [-0.39, 0.29) is 0 Å². The lowest BCUT2D eigenvalue weighted by atomic mass is 10.1. The van der Waals surface area contributed by atoms with Crippen molar-refractivity contribution in [3.05, 3.63) is 42.1 Å². The van der Waals surface area contributed by atoms with E-state index in [0.29, 0.717) is 16.5 Å². The quantitative estimate of drug-likeness (QED) is 0.517. The third kappa shape index (κ3) is 1.66. The van der Waals surface area contributed by atoms with Crippen LogP contribution in [0.5, 0.6) is 0 Å². The highest BCUT2D eigenvalue weighted by atomic mass is 16.2. The Kier molecular flexibility index (Phi) is 2.35. The lowest BCUT2D eigenvalue weighted by Crippen LogP contribution is -1.95. The van der Waals surface area contributed by atoms with Crippen molar-refractivity contribution in [1.82, 2.24) is 4.98 Å². The van der Waals surface area contributed by atoms with Gasteiger partial charge in [0.15, 0.2) is 0 Å². The molecule has 1 aromatic carbocycles. The van der Waals surface area contributed by atoms with Crippen LogP contribution in [-0.4, -0.2) is 17.0 Å². The highest BCUT2D eigenvalue weighted by Gasteiger charge is 2.08. The smallest absolute Gasteiger partial charge is 0.266 e. The summed E-state index contributed by atoms with van der Waals surface area (Å²) in [5.41, 5.74) is 1.06. The molecule has 0 aliphatic heterocycles. The predicted molar refractivity (Wildman–Crippen MR) is 54.2 cm³/mol. The van der Waals surface area contributed by atoms with Crippen LogP contribution in [0.1, 0.15) is 10.4 Å². The molecular weight excluding hydrogens is 192 g/mol. The predicted octanol–water partition coefficient (Wildman–Crippen LogP) is 1.71. The molecule has 4 nitrogen and oxygen atoms in total. The van der Waals surface area contributed by atoms with Crippen molar-refractivity contribution < 1.29 is 9.59 Å². The fourth-order valence-corrected chi connectivity index (χ4v) is 1.39. The number of benzene rings is 1. The standard InChI is InChI=1S/C11H6N2O2/c14-7-13-11(15)9-3-1-5-10-8(9)4-2-6-12-10/h1-6H. The summed E-state index contributed by atoms with van der Waals surface area (Å²) in [6.07, 6.45) is 2.87. The van der Waals surface area contributed by atoms with Gasteiger partial charge in [0, 0.05) is 11.6 Å². The normalized spacial score (nSPS) is 9.60. The molecule has 0 aliphatic carbocycles. The van der Waals surface area contributed by atoms with E-state index in [1.165, 1.54) is 6.08 Å². The Morgan fingerprint density at radius 3 is 2.93 bits per heavy atom. The Morgan fingerprint density at radius 2 is 2.13 bits per heavy atom. The second-order valence-electron chi connectivity index (χ2n) is 2.88. The Hall–Kier alpha value is -2.32. The first-order chi connectivity index (χ1) is 7.33. The van der Waals surface area contributed by atoms with Gasteiger partial charge >= 0.3 is 0 Å². The molecular formula is C11H6N2O2. The SMILES string of the molecule is O=C=NC(=O)c1cccc2ncccc12. The maximum atomic E-state index is 11.4. The molecule has 1 aromatic heterocycles. The van der Waals surface area contributed by atoms with Gasteiger partial charge in [0.25, 0.3) is 5.91 Å². The van der Waals surface area contributed by atoms with Gasteiger partial charge in [0.05, 0.1) is 11.1 Å². The van der Waals surface area contributed by atoms with Crippen LogP contribution < -0.4 is 0 Å². The molecule has 0 bridgehead atoms. The third-order valence-corrected chi connectivity index (χ3v) is 2.02. The van der Waals surface area contributed by atoms with E-state index in [2.05, 4.69) is 9.98 Å². The monoisotopic (exact) mass is 198 g/mol. The van der Waals surface area contributed by atoms with Gasteiger partial charge in [0.1, 0.15) is 0 Å². The number of isocyanates is 1. The summed E-state index contributed by atoms with van der Waals surface area (Å²) >= 11 is 0. The molecule has 1 heterocycles. The largest absolute Gasteiger partial charge is 0.288 e. The fraction of sp³-hybridized carbons (Fsp3) is 0. The first-order valence-corrected chi connectivity index (χ1v) is 4.29. The third-order valence-electron chi connectivity index (χ3n) is 2.02. The van der Waals surface area contributed by atoms with Gasteiger partial charge in [-0.3, -0.25) is 9.78 Å². The molecule has 0 spiro atoms. The number of rotatable bonds is 1. The van der Waals surface area contributed by atoms with Crippen molar-refractivity contribution in [2.75, 3.05) is 0 Å². The molecule has 0 saturated carbocycles.